The van der Waals surface area contributed by atoms with E-state index in [0.717, 1.165) is 6.42 Å². The molecule has 2 rings (SSSR count). The van der Waals surface area contributed by atoms with Crippen molar-refractivity contribution in [3.8, 4) is 0 Å². The van der Waals surface area contributed by atoms with Gasteiger partial charge in [0, 0.05) is 23.4 Å². The number of carboxylic acids is 1. The van der Waals surface area contributed by atoms with E-state index in [0.29, 0.717) is 24.1 Å². The summed E-state index contributed by atoms with van der Waals surface area (Å²) in [6.45, 7) is 1.69. The molecule has 2 N–H and O–H groups in total. The minimum Gasteiger partial charge on any atom is -0.481 e. The van der Waals surface area contributed by atoms with Crippen molar-refractivity contribution in [1.29, 1.82) is 0 Å². The fourth-order valence-corrected chi connectivity index (χ4v) is 2.47. The molecule has 1 aliphatic rings. The van der Waals surface area contributed by atoms with Crippen molar-refractivity contribution in [3.05, 3.63) is 33.9 Å². The summed E-state index contributed by atoms with van der Waals surface area (Å²) in [5, 5.41) is 23.0. The van der Waals surface area contributed by atoms with Gasteiger partial charge in [-0.3, -0.25) is 14.9 Å². The fourth-order valence-electron chi connectivity index (χ4n) is 2.47. The van der Waals surface area contributed by atoms with Crippen LogP contribution in [0, 0.1) is 23.0 Å². The average Bonchev–Trinajstić information content (AvgIpc) is 2.80. The number of nitrogens with zero attached hydrogens (tertiary/aromatic N) is 1. The molecular weight excluding hydrogens is 248 g/mol. The van der Waals surface area contributed by atoms with E-state index in [1.165, 1.54) is 6.07 Å². The van der Waals surface area contributed by atoms with Gasteiger partial charge in [-0.15, -0.1) is 0 Å². The third kappa shape index (κ3) is 3.01. The van der Waals surface area contributed by atoms with E-state index in [1.54, 1.807) is 19.1 Å². The van der Waals surface area contributed by atoms with Gasteiger partial charge in [-0.1, -0.05) is 6.07 Å². The Kier molecular flexibility index (Phi) is 3.69. The summed E-state index contributed by atoms with van der Waals surface area (Å²) in [5.74, 6) is -1.07. The minimum absolute atomic E-state index is 0.0726. The molecule has 0 heterocycles. The Morgan fingerprint density at radius 3 is 2.79 bits per heavy atom. The number of nitrogens with one attached hydrogen (secondary N) is 1. The number of nitro groups is 1. The van der Waals surface area contributed by atoms with Crippen LogP contribution in [0.1, 0.15) is 24.8 Å². The molecular formula is C13H16N2O4. The van der Waals surface area contributed by atoms with Gasteiger partial charge in [0.1, 0.15) is 0 Å². The summed E-state index contributed by atoms with van der Waals surface area (Å²) in [4.78, 5) is 21.3. The molecule has 0 unspecified atom stereocenters. The molecule has 0 radical (unpaired) electrons. The third-order valence-corrected chi connectivity index (χ3v) is 3.56. The van der Waals surface area contributed by atoms with Crippen molar-refractivity contribution < 1.29 is 14.8 Å². The molecule has 0 saturated heterocycles. The van der Waals surface area contributed by atoms with Crippen LogP contribution < -0.4 is 5.32 Å². The molecule has 1 aromatic carbocycles. The Morgan fingerprint density at radius 1 is 1.47 bits per heavy atom. The zero-order valence-corrected chi connectivity index (χ0v) is 10.6. The van der Waals surface area contributed by atoms with Gasteiger partial charge < -0.3 is 10.4 Å². The van der Waals surface area contributed by atoms with Crippen LogP contribution in [0.4, 0.5) is 11.4 Å². The lowest BCUT2D eigenvalue weighted by Crippen LogP contribution is -2.17. The number of hydrogen-bond donors (Lipinski definition) is 2. The lowest BCUT2D eigenvalue weighted by Gasteiger charge is -2.14. The maximum Gasteiger partial charge on any atom is 0.306 e. The summed E-state index contributed by atoms with van der Waals surface area (Å²) in [6, 6.07) is 5.06. The third-order valence-electron chi connectivity index (χ3n) is 3.56. The molecule has 0 amide bonds. The predicted molar refractivity (Wildman–Crippen MR) is 70.2 cm³/mol. The molecule has 1 fully saturated rings. The van der Waals surface area contributed by atoms with Gasteiger partial charge in [-0.2, -0.15) is 0 Å². The van der Waals surface area contributed by atoms with Crippen LogP contribution >= 0.6 is 0 Å². The molecule has 1 aliphatic carbocycles. The van der Waals surface area contributed by atoms with Crippen molar-refractivity contribution in [1.82, 2.24) is 0 Å². The standard InChI is InChI=1S/C13H16N2O4/c1-8-2-4-11(7-12(8)15(18)19)14-10-5-3-9(6-10)13(16)17/h2,4,7,9-10,14H,3,5-6H2,1H3,(H,16,17)/t9-,10+/m1/s1. The van der Waals surface area contributed by atoms with Crippen molar-refractivity contribution in [3.63, 3.8) is 0 Å². The molecule has 0 bridgehead atoms. The predicted octanol–water partition coefficient (Wildman–Crippen LogP) is 2.57. The molecule has 0 spiro atoms. The second kappa shape index (κ2) is 5.26. The van der Waals surface area contributed by atoms with Crippen LogP contribution in [0.5, 0.6) is 0 Å². The lowest BCUT2D eigenvalue weighted by molar-refractivity contribution is -0.385. The van der Waals surface area contributed by atoms with Gasteiger partial charge in [-0.25, -0.2) is 0 Å². The summed E-state index contributed by atoms with van der Waals surface area (Å²) in [5.41, 5.74) is 1.37. The van der Waals surface area contributed by atoms with Crippen molar-refractivity contribution in [2.75, 3.05) is 5.32 Å². The SMILES string of the molecule is Cc1ccc(N[C@H]2CC[C@@H](C(=O)O)C2)cc1[N+](=O)[O-]. The first-order chi connectivity index (χ1) is 8.97. The normalized spacial score (nSPS) is 22.2. The smallest absolute Gasteiger partial charge is 0.306 e. The highest BCUT2D eigenvalue weighted by Crippen LogP contribution is 2.30. The number of anilines is 1. The number of aryl methyl sites for hydroxylation is 1. The number of benzene rings is 1. The molecule has 0 aromatic heterocycles. The van der Waals surface area contributed by atoms with Gasteiger partial charge in [0.05, 0.1) is 10.8 Å². The molecule has 6 heteroatoms. The first-order valence-corrected chi connectivity index (χ1v) is 6.21. The summed E-state index contributed by atoms with van der Waals surface area (Å²) >= 11 is 0. The topological polar surface area (TPSA) is 92.5 Å². The second-order valence-corrected chi connectivity index (χ2v) is 4.95. The zero-order valence-electron chi connectivity index (χ0n) is 10.6. The van der Waals surface area contributed by atoms with E-state index < -0.39 is 10.9 Å². The molecule has 19 heavy (non-hydrogen) atoms. The van der Waals surface area contributed by atoms with Gasteiger partial charge in [0.15, 0.2) is 0 Å². The molecule has 6 nitrogen and oxygen atoms in total. The van der Waals surface area contributed by atoms with Crippen LogP contribution in [0.15, 0.2) is 18.2 Å². The van der Waals surface area contributed by atoms with Crippen LogP contribution in [-0.4, -0.2) is 22.0 Å². The van der Waals surface area contributed by atoms with E-state index in [-0.39, 0.29) is 17.6 Å². The van der Waals surface area contributed by atoms with Gasteiger partial charge >= 0.3 is 5.97 Å². The number of carbonyl (C=O) groups is 1. The van der Waals surface area contributed by atoms with E-state index >= 15 is 0 Å². The van der Waals surface area contributed by atoms with E-state index in [1.807, 2.05) is 0 Å². The number of hydrogen-bond acceptors (Lipinski definition) is 4. The second-order valence-electron chi connectivity index (χ2n) is 4.95. The van der Waals surface area contributed by atoms with Gasteiger partial charge in [0.25, 0.3) is 5.69 Å². The average molecular weight is 264 g/mol. The molecule has 0 aliphatic heterocycles. The summed E-state index contributed by atoms with van der Waals surface area (Å²) in [6.07, 6.45) is 2.00. The van der Waals surface area contributed by atoms with Crippen molar-refractivity contribution >= 4 is 17.3 Å². The minimum atomic E-state index is -0.765. The van der Waals surface area contributed by atoms with Crippen LogP contribution in [0.25, 0.3) is 0 Å². The van der Waals surface area contributed by atoms with E-state index in [9.17, 15) is 14.9 Å². The van der Waals surface area contributed by atoms with Crippen molar-refractivity contribution in [2.24, 2.45) is 5.92 Å². The van der Waals surface area contributed by atoms with Gasteiger partial charge in [0.2, 0.25) is 0 Å². The molecule has 2 atom stereocenters. The lowest BCUT2D eigenvalue weighted by atomic mass is 10.1. The van der Waals surface area contributed by atoms with Crippen molar-refractivity contribution in [2.45, 2.75) is 32.2 Å². The maximum atomic E-state index is 10.9. The van der Waals surface area contributed by atoms with Crippen LogP contribution in [-0.2, 0) is 4.79 Å². The molecule has 1 aromatic rings. The Hall–Kier alpha value is -2.11. The quantitative estimate of drug-likeness (QED) is 0.644. The largest absolute Gasteiger partial charge is 0.481 e. The zero-order chi connectivity index (χ0) is 14.0. The number of aliphatic carboxylic acids is 1. The van der Waals surface area contributed by atoms with Crippen LogP contribution in [0.3, 0.4) is 0 Å². The van der Waals surface area contributed by atoms with E-state index in [2.05, 4.69) is 5.32 Å². The number of carboxylic acid groups (broad SMARTS) is 1. The first-order valence-electron chi connectivity index (χ1n) is 6.21. The fraction of sp³-hybridized carbons (Fsp3) is 0.462. The molecule has 102 valence electrons. The highest BCUT2D eigenvalue weighted by molar-refractivity contribution is 5.70. The Labute approximate surface area is 110 Å². The van der Waals surface area contributed by atoms with E-state index in [4.69, 9.17) is 5.11 Å². The van der Waals surface area contributed by atoms with Gasteiger partial charge in [-0.05, 0) is 32.3 Å². The Morgan fingerprint density at radius 2 is 2.21 bits per heavy atom. The Balaban J connectivity index is 2.06. The number of nitro benzene ring substituents is 1. The molecule has 1 saturated carbocycles. The highest BCUT2D eigenvalue weighted by atomic mass is 16.6. The highest BCUT2D eigenvalue weighted by Gasteiger charge is 2.29. The maximum absolute atomic E-state index is 10.9. The Bertz CT molecular complexity index is 515. The number of rotatable bonds is 4. The monoisotopic (exact) mass is 264 g/mol. The van der Waals surface area contributed by atoms with Crippen LogP contribution in [0.2, 0.25) is 0 Å². The first kappa shape index (κ1) is 13.3. The summed E-state index contributed by atoms with van der Waals surface area (Å²) in [7, 11) is 0. The summed E-state index contributed by atoms with van der Waals surface area (Å²) < 4.78 is 0.